The zero-order chi connectivity index (χ0) is 17.1. The van der Waals surface area contributed by atoms with E-state index in [0.29, 0.717) is 37.7 Å². The minimum absolute atomic E-state index is 0.0191. The van der Waals surface area contributed by atoms with Crippen LogP contribution in [0.4, 0.5) is 0 Å². The van der Waals surface area contributed by atoms with Crippen LogP contribution in [0.3, 0.4) is 0 Å². The number of carbonyl (C=O) groups is 2. The van der Waals surface area contributed by atoms with E-state index in [1.54, 1.807) is 12.1 Å². The number of nitrogens with zero attached hydrogens (tertiary/aromatic N) is 1. The summed E-state index contributed by atoms with van der Waals surface area (Å²) in [6.07, 6.45) is 1.55. The molecule has 3 rings (SSSR count). The summed E-state index contributed by atoms with van der Waals surface area (Å²) in [4.78, 5) is 26.5. The van der Waals surface area contributed by atoms with Gasteiger partial charge in [0.25, 0.3) is 0 Å². The highest BCUT2D eigenvalue weighted by Crippen LogP contribution is 2.29. The van der Waals surface area contributed by atoms with Gasteiger partial charge in [0.1, 0.15) is 12.4 Å². The molecule has 0 N–H and O–H groups in total. The van der Waals surface area contributed by atoms with Crippen LogP contribution in [0.1, 0.15) is 35.7 Å². The number of hydrogen-bond donors (Lipinski definition) is 0. The van der Waals surface area contributed by atoms with Gasteiger partial charge in [-0.2, -0.15) is 0 Å². The van der Waals surface area contributed by atoms with Crippen LogP contribution in [0.2, 0.25) is 0 Å². The highest BCUT2D eigenvalue weighted by molar-refractivity contribution is 5.90. The number of rotatable bonds is 2. The Morgan fingerprint density at radius 3 is 2.71 bits per heavy atom. The number of carbonyl (C=O) groups excluding carboxylic acids is 2. The molecule has 2 heterocycles. The molecule has 6 nitrogen and oxygen atoms in total. The molecular formula is C18H23NO5. The maximum Gasteiger partial charge on any atom is 0.337 e. The van der Waals surface area contributed by atoms with E-state index in [1.165, 1.54) is 7.11 Å². The average Bonchev–Trinajstić information content (AvgIpc) is 2.80. The van der Waals surface area contributed by atoms with Gasteiger partial charge in [0.05, 0.1) is 18.7 Å². The van der Waals surface area contributed by atoms with Crippen LogP contribution in [0.25, 0.3) is 0 Å². The van der Waals surface area contributed by atoms with Crippen LogP contribution in [0, 0.1) is 5.92 Å². The molecule has 0 spiro atoms. The Bertz CT molecular complexity index is 624. The summed E-state index contributed by atoms with van der Waals surface area (Å²) < 4.78 is 15.9. The van der Waals surface area contributed by atoms with Crippen molar-refractivity contribution in [1.82, 2.24) is 4.90 Å². The molecule has 1 saturated heterocycles. The van der Waals surface area contributed by atoms with Crippen LogP contribution in [-0.4, -0.2) is 49.7 Å². The van der Waals surface area contributed by atoms with E-state index < -0.39 is 5.97 Å². The minimum Gasteiger partial charge on any atom is -0.491 e. The summed E-state index contributed by atoms with van der Waals surface area (Å²) >= 11 is 0. The number of esters is 1. The molecule has 0 radical (unpaired) electrons. The predicted octanol–water partition coefficient (Wildman–Crippen LogP) is 2.01. The Morgan fingerprint density at radius 2 is 2.00 bits per heavy atom. The second-order valence-electron chi connectivity index (χ2n) is 6.33. The molecule has 1 amide bonds. The fourth-order valence-corrected chi connectivity index (χ4v) is 3.18. The maximum atomic E-state index is 12.9. The minimum atomic E-state index is -0.395. The van der Waals surface area contributed by atoms with Crippen LogP contribution in [0.15, 0.2) is 18.2 Å². The lowest BCUT2D eigenvalue weighted by atomic mass is 9.97. The highest BCUT2D eigenvalue weighted by atomic mass is 16.5. The SMILES string of the molecule is COC(=O)c1ccc2c(c1)OC[C@H](C)N(C(=O)C1CCOCC1)C2. The quantitative estimate of drug-likeness (QED) is 0.775. The maximum absolute atomic E-state index is 12.9. The number of ether oxygens (including phenoxy) is 3. The first kappa shape index (κ1) is 16.8. The lowest BCUT2D eigenvalue weighted by Crippen LogP contribution is -2.44. The Labute approximate surface area is 141 Å². The molecule has 130 valence electrons. The van der Waals surface area contributed by atoms with Crippen molar-refractivity contribution in [1.29, 1.82) is 0 Å². The molecule has 1 aromatic carbocycles. The summed E-state index contributed by atoms with van der Waals surface area (Å²) in [5.74, 6) is 0.442. The van der Waals surface area contributed by atoms with E-state index in [-0.39, 0.29) is 17.9 Å². The van der Waals surface area contributed by atoms with Crippen LogP contribution in [0.5, 0.6) is 5.75 Å². The number of hydrogen-bond acceptors (Lipinski definition) is 5. The lowest BCUT2D eigenvalue weighted by molar-refractivity contribution is -0.141. The molecule has 1 atom stereocenters. The fraction of sp³-hybridized carbons (Fsp3) is 0.556. The summed E-state index contributed by atoms with van der Waals surface area (Å²) in [7, 11) is 1.35. The molecule has 2 aliphatic heterocycles. The van der Waals surface area contributed by atoms with E-state index in [4.69, 9.17) is 14.2 Å². The third-order valence-corrected chi connectivity index (χ3v) is 4.69. The van der Waals surface area contributed by atoms with Crippen molar-refractivity contribution in [3.05, 3.63) is 29.3 Å². The van der Waals surface area contributed by atoms with Crippen molar-refractivity contribution in [2.45, 2.75) is 32.4 Å². The highest BCUT2D eigenvalue weighted by Gasteiger charge is 2.31. The first-order chi connectivity index (χ1) is 11.6. The fourth-order valence-electron chi connectivity index (χ4n) is 3.18. The van der Waals surface area contributed by atoms with Crippen molar-refractivity contribution >= 4 is 11.9 Å². The number of amides is 1. The molecule has 0 aliphatic carbocycles. The van der Waals surface area contributed by atoms with E-state index in [2.05, 4.69) is 0 Å². The van der Waals surface area contributed by atoms with E-state index in [1.807, 2.05) is 17.9 Å². The zero-order valence-electron chi connectivity index (χ0n) is 14.1. The van der Waals surface area contributed by atoms with Gasteiger partial charge >= 0.3 is 5.97 Å². The van der Waals surface area contributed by atoms with Crippen LogP contribution < -0.4 is 4.74 Å². The third-order valence-electron chi connectivity index (χ3n) is 4.69. The molecule has 0 unspecified atom stereocenters. The van der Waals surface area contributed by atoms with Gasteiger partial charge in [-0.05, 0) is 31.9 Å². The Hall–Kier alpha value is -2.08. The molecule has 6 heteroatoms. The smallest absolute Gasteiger partial charge is 0.337 e. The van der Waals surface area contributed by atoms with E-state index >= 15 is 0 Å². The number of methoxy groups -OCH3 is 1. The predicted molar refractivity (Wildman–Crippen MR) is 86.8 cm³/mol. The largest absolute Gasteiger partial charge is 0.491 e. The van der Waals surface area contributed by atoms with E-state index in [9.17, 15) is 9.59 Å². The molecule has 0 aromatic heterocycles. The molecular weight excluding hydrogens is 310 g/mol. The Kier molecular flexibility index (Phi) is 5.04. The van der Waals surface area contributed by atoms with Gasteiger partial charge in [-0.25, -0.2) is 4.79 Å². The monoisotopic (exact) mass is 333 g/mol. The van der Waals surface area contributed by atoms with Crippen molar-refractivity contribution in [2.24, 2.45) is 5.92 Å². The average molecular weight is 333 g/mol. The molecule has 0 saturated carbocycles. The van der Waals surface area contributed by atoms with Gasteiger partial charge in [-0.3, -0.25) is 4.79 Å². The molecule has 0 bridgehead atoms. The van der Waals surface area contributed by atoms with Crippen molar-refractivity contribution in [2.75, 3.05) is 26.9 Å². The van der Waals surface area contributed by atoms with Gasteiger partial charge in [-0.15, -0.1) is 0 Å². The summed E-state index contributed by atoms with van der Waals surface area (Å²) in [6, 6.07) is 5.22. The summed E-state index contributed by atoms with van der Waals surface area (Å²) in [6.45, 7) is 4.19. The topological polar surface area (TPSA) is 65.1 Å². The Morgan fingerprint density at radius 1 is 1.25 bits per heavy atom. The van der Waals surface area contributed by atoms with Crippen LogP contribution >= 0.6 is 0 Å². The van der Waals surface area contributed by atoms with Gasteiger partial charge in [-0.1, -0.05) is 6.07 Å². The normalized spacial score (nSPS) is 21.4. The van der Waals surface area contributed by atoms with Gasteiger partial charge in [0.2, 0.25) is 5.91 Å². The van der Waals surface area contributed by atoms with Gasteiger partial charge in [0, 0.05) is 31.2 Å². The van der Waals surface area contributed by atoms with Crippen molar-refractivity contribution in [3.8, 4) is 5.75 Å². The second kappa shape index (κ2) is 7.21. The first-order valence-corrected chi connectivity index (χ1v) is 8.32. The molecule has 1 fully saturated rings. The standard InChI is InChI=1S/C18H23NO5/c1-12-11-24-16-9-14(18(21)22-2)3-4-15(16)10-19(12)17(20)13-5-7-23-8-6-13/h3-4,9,12-13H,5-8,10-11H2,1-2H3/t12-/m0/s1. The number of benzene rings is 1. The first-order valence-electron chi connectivity index (χ1n) is 8.32. The second-order valence-corrected chi connectivity index (χ2v) is 6.33. The van der Waals surface area contributed by atoms with E-state index in [0.717, 1.165) is 18.4 Å². The van der Waals surface area contributed by atoms with Crippen LogP contribution in [-0.2, 0) is 20.8 Å². The van der Waals surface area contributed by atoms with Gasteiger partial charge < -0.3 is 19.1 Å². The van der Waals surface area contributed by atoms with Crippen molar-refractivity contribution in [3.63, 3.8) is 0 Å². The third kappa shape index (κ3) is 3.38. The molecule has 24 heavy (non-hydrogen) atoms. The lowest BCUT2D eigenvalue weighted by Gasteiger charge is -2.32. The summed E-state index contributed by atoms with van der Waals surface area (Å²) in [5.41, 5.74) is 1.36. The Balaban J connectivity index is 1.81. The zero-order valence-corrected chi connectivity index (χ0v) is 14.1. The number of fused-ring (bicyclic) bond motifs is 1. The molecule has 1 aromatic rings. The van der Waals surface area contributed by atoms with Crippen molar-refractivity contribution < 1.29 is 23.8 Å². The van der Waals surface area contributed by atoms with Gasteiger partial charge in [0.15, 0.2) is 0 Å². The summed E-state index contributed by atoms with van der Waals surface area (Å²) in [5, 5.41) is 0. The molecule has 2 aliphatic rings.